The first-order valence-corrected chi connectivity index (χ1v) is 19.2. The van der Waals surface area contributed by atoms with Gasteiger partial charge in [-0.1, -0.05) is 24.5 Å². The number of aliphatic hydroxyl groups excluding tert-OH is 1. The fourth-order valence-corrected chi connectivity index (χ4v) is 9.27. The number of nitrogens with one attached hydrogen (secondary N) is 1. The highest BCUT2D eigenvalue weighted by atomic mass is 32.7. The Hall–Kier alpha value is -2.55. The van der Waals surface area contributed by atoms with E-state index in [0.29, 0.717) is 11.0 Å². The average Bonchev–Trinajstić information content (AvgIpc) is 3.75. The van der Waals surface area contributed by atoms with Gasteiger partial charge in [0.05, 0.1) is 31.0 Å². The zero-order valence-electron chi connectivity index (χ0n) is 23.8. The third-order valence-electron chi connectivity index (χ3n) is 8.28. The van der Waals surface area contributed by atoms with Gasteiger partial charge >= 0.3 is 13.6 Å². The Bertz CT molecular complexity index is 1960. The van der Waals surface area contributed by atoms with Gasteiger partial charge in [-0.25, -0.2) is 24.1 Å². The predicted octanol–water partition coefficient (Wildman–Crippen LogP) is 1.46. The standard InChI is InChI=1S/C23H29N9O10P2S2/c1-37-16-12-6-39-44(36,46)41-15-9(4-11(14(15)33)31-3-2-10-18(24)26-7-27-19(10)31)5-38-43(35,45)42-17(16)22(40-12)32-8-28-13-20(32)29-23(25)30-21(13)34/h2-3,7-9,11-12,14-17,22,33H,4-6H2,1H3,(H,35,45)(H,36,46)(H2,24,26,27)(H3,25,29,30,34)/t9-,11-,12-,14+,15-,16-,17-,22-,43+,44-/m1/s1. The number of thiol groups is 2. The van der Waals surface area contributed by atoms with E-state index in [9.17, 15) is 19.0 Å². The molecule has 4 aromatic heterocycles. The Morgan fingerprint density at radius 2 is 1.80 bits per heavy atom. The molecule has 6 heterocycles. The van der Waals surface area contributed by atoms with Crippen molar-refractivity contribution in [1.82, 2.24) is 34.1 Å². The first-order valence-electron chi connectivity index (χ1n) is 13.8. The molecule has 1 saturated carbocycles. The molecule has 6 N–H and O–H groups in total. The summed E-state index contributed by atoms with van der Waals surface area (Å²) in [7, 11) is 1.36. The van der Waals surface area contributed by atoms with E-state index >= 15 is 0 Å². The monoisotopic (exact) mass is 717 g/mol. The number of hydrogen-bond acceptors (Lipinski definition) is 16. The summed E-state index contributed by atoms with van der Waals surface area (Å²) in [6.07, 6.45) is -2.27. The van der Waals surface area contributed by atoms with Crippen LogP contribution in [-0.4, -0.2) is 90.0 Å². The summed E-state index contributed by atoms with van der Waals surface area (Å²) in [6, 6.07) is 1.07. The van der Waals surface area contributed by atoms with E-state index in [1.807, 2.05) is 0 Å². The first-order chi connectivity index (χ1) is 21.9. The van der Waals surface area contributed by atoms with Crippen molar-refractivity contribution < 1.29 is 41.8 Å². The summed E-state index contributed by atoms with van der Waals surface area (Å²) in [5.41, 5.74) is 11.7. The highest BCUT2D eigenvalue weighted by Gasteiger charge is 2.53. The smallest absolute Gasteiger partial charge is 0.386 e. The summed E-state index contributed by atoms with van der Waals surface area (Å²) in [6.45, 7) is -9.10. The number of aromatic amines is 1. The van der Waals surface area contributed by atoms with Crippen LogP contribution in [0.1, 0.15) is 18.7 Å². The van der Waals surface area contributed by atoms with Crippen LogP contribution < -0.4 is 17.0 Å². The zero-order valence-corrected chi connectivity index (χ0v) is 27.4. The van der Waals surface area contributed by atoms with Gasteiger partial charge in [0.2, 0.25) is 5.95 Å². The van der Waals surface area contributed by atoms with Gasteiger partial charge in [0.25, 0.3) is 5.56 Å². The Balaban J connectivity index is 1.22. The Kier molecular flexibility index (Phi) is 8.25. The summed E-state index contributed by atoms with van der Waals surface area (Å²) in [5.74, 6) is -0.602. The maximum absolute atomic E-state index is 13.8. The third kappa shape index (κ3) is 5.66. The molecular weight excluding hydrogens is 688 g/mol. The van der Waals surface area contributed by atoms with Crippen LogP contribution in [-0.2, 0) is 36.7 Å². The minimum atomic E-state index is -4.22. The van der Waals surface area contributed by atoms with Crippen LogP contribution in [0.25, 0.3) is 22.2 Å². The van der Waals surface area contributed by atoms with Crippen LogP contribution in [0.3, 0.4) is 0 Å². The van der Waals surface area contributed by atoms with Crippen molar-refractivity contribution >= 4 is 72.1 Å². The first kappa shape index (κ1) is 32.0. The molecule has 0 radical (unpaired) electrons. The van der Waals surface area contributed by atoms with Gasteiger partial charge in [0.15, 0.2) is 17.4 Å². The van der Waals surface area contributed by atoms with Crippen molar-refractivity contribution in [2.24, 2.45) is 5.92 Å². The number of nitrogens with two attached hydrogens (primary N) is 2. The van der Waals surface area contributed by atoms with Gasteiger partial charge in [-0.15, -0.1) is 0 Å². The quantitative estimate of drug-likeness (QED) is 0.129. The molecule has 0 amide bonds. The fourth-order valence-electron chi connectivity index (χ4n) is 6.25. The minimum absolute atomic E-state index is 0.0387. The highest BCUT2D eigenvalue weighted by molar-refractivity contribution is 8.44. The van der Waals surface area contributed by atoms with Crippen molar-refractivity contribution in [3.63, 3.8) is 0 Å². The number of nitrogen functional groups attached to an aromatic ring is 2. The zero-order chi connectivity index (χ0) is 32.5. The SMILES string of the molecule is CO[C@H]1[C@H]2O[P@@](=O)(S)OC[C@H]3C[C@@H](n4ccc5c(N)ncnc54)[C@H](O)[C@@H]3O[P@](=O)(S)OC[C@H]1O[C@H]2n1cnc2c(=O)[nH]c(N)nc21. The van der Waals surface area contributed by atoms with E-state index in [1.54, 1.807) is 16.8 Å². The normalized spacial score (nSPS) is 37.1. The summed E-state index contributed by atoms with van der Waals surface area (Å²) in [5, 5.41) is 12.0. The molecule has 7 rings (SSSR count). The van der Waals surface area contributed by atoms with Crippen LogP contribution in [0.5, 0.6) is 0 Å². The van der Waals surface area contributed by atoms with Gasteiger partial charge in [-0.3, -0.25) is 27.9 Å². The molecule has 46 heavy (non-hydrogen) atoms. The maximum Gasteiger partial charge on any atom is 0.386 e. The molecule has 248 valence electrons. The summed E-state index contributed by atoms with van der Waals surface area (Å²) in [4.78, 5) is 31.4. The van der Waals surface area contributed by atoms with Crippen LogP contribution in [0.15, 0.2) is 29.7 Å². The van der Waals surface area contributed by atoms with Gasteiger partial charge in [0, 0.05) is 19.2 Å². The lowest BCUT2D eigenvalue weighted by atomic mass is 10.1. The number of aromatic nitrogens is 7. The van der Waals surface area contributed by atoms with E-state index in [4.69, 9.17) is 39.0 Å². The lowest BCUT2D eigenvalue weighted by Crippen LogP contribution is -2.37. The number of nitrogens with zero attached hydrogens (tertiary/aromatic N) is 6. The van der Waals surface area contributed by atoms with E-state index in [1.165, 1.54) is 24.3 Å². The molecule has 2 aliphatic heterocycles. The average molecular weight is 718 g/mol. The van der Waals surface area contributed by atoms with E-state index in [0.717, 1.165) is 0 Å². The molecule has 0 spiro atoms. The summed E-state index contributed by atoms with van der Waals surface area (Å²) >= 11 is 8.42. The largest absolute Gasteiger partial charge is 0.388 e. The number of fused-ring (bicyclic) bond motifs is 5. The van der Waals surface area contributed by atoms with Crippen LogP contribution in [0.2, 0.25) is 0 Å². The lowest BCUT2D eigenvalue weighted by Gasteiger charge is -2.27. The number of ether oxygens (including phenoxy) is 2. The summed E-state index contributed by atoms with van der Waals surface area (Å²) < 4.78 is 65.5. The van der Waals surface area contributed by atoms with Gasteiger partial charge in [-0.2, -0.15) is 4.98 Å². The number of H-pyrrole nitrogens is 1. The van der Waals surface area contributed by atoms with E-state index in [2.05, 4.69) is 49.4 Å². The van der Waals surface area contributed by atoms with E-state index in [-0.39, 0.29) is 36.0 Å². The number of rotatable bonds is 3. The molecule has 2 saturated heterocycles. The van der Waals surface area contributed by atoms with Gasteiger partial charge in [-0.05, 0) is 12.5 Å². The highest BCUT2D eigenvalue weighted by Crippen LogP contribution is 2.61. The van der Waals surface area contributed by atoms with Gasteiger partial charge < -0.3 is 35.1 Å². The maximum atomic E-state index is 13.8. The van der Waals surface area contributed by atoms with Crippen molar-refractivity contribution in [3.8, 4) is 0 Å². The van der Waals surface area contributed by atoms with E-state index < -0.39 is 74.5 Å². The molecule has 0 unspecified atom stereocenters. The molecule has 0 aromatic carbocycles. The number of aliphatic hydroxyl groups is 1. The van der Waals surface area contributed by atoms with Crippen molar-refractivity contribution in [2.45, 2.75) is 49.2 Å². The number of methoxy groups -OCH3 is 1. The molecule has 19 nitrogen and oxygen atoms in total. The Morgan fingerprint density at radius 3 is 2.57 bits per heavy atom. The second kappa shape index (κ2) is 11.9. The topological polar surface area (TPSA) is 256 Å². The second-order valence-electron chi connectivity index (χ2n) is 11.0. The van der Waals surface area contributed by atoms with Crippen molar-refractivity contribution in [3.05, 3.63) is 35.3 Å². The van der Waals surface area contributed by atoms with Gasteiger partial charge in [0.1, 0.15) is 48.3 Å². The molecule has 1 aliphatic carbocycles. The fraction of sp³-hybridized carbons (Fsp3) is 0.522. The second-order valence-corrected chi connectivity index (χ2v) is 16.7. The molecule has 3 fully saturated rings. The minimum Gasteiger partial charge on any atom is -0.388 e. The molecule has 23 heteroatoms. The van der Waals surface area contributed by atoms with Crippen molar-refractivity contribution in [2.75, 3.05) is 31.8 Å². The predicted molar refractivity (Wildman–Crippen MR) is 167 cm³/mol. The number of imidazole rings is 1. The number of anilines is 2. The van der Waals surface area contributed by atoms with Crippen LogP contribution >= 0.6 is 38.1 Å². The number of hydrogen-bond donors (Lipinski definition) is 6. The van der Waals surface area contributed by atoms with Crippen LogP contribution in [0, 0.1) is 5.92 Å². The molecule has 10 atom stereocenters. The Morgan fingerprint density at radius 1 is 1.07 bits per heavy atom. The third-order valence-corrected chi connectivity index (χ3v) is 11.5. The lowest BCUT2D eigenvalue weighted by molar-refractivity contribution is -0.0542. The van der Waals surface area contributed by atoms with Crippen molar-refractivity contribution in [1.29, 1.82) is 0 Å². The molecule has 4 aromatic rings. The molecular formula is C23H29N9O10P2S2. The van der Waals surface area contributed by atoms with Crippen LogP contribution in [0.4, 0.5) is 11.8 Å². The molecule has 2 bridgehead atoms. The Labute approximate surface area is 269 Å². The molecule has 3 aliphatic rings.